The molecule has 1 aliphatic heterocycles. The molecule has 0 bridgehead atoms. The van der Waals surface area contributed by atoms with E-state index in [9.17, 15) is 9.18 Å². The zero-order valence-corrected chi connectivity index (χ0v) is 10.2. The zero-order valence-electron chi connectivity index (χ0n) is 8.59. The Morgan fingerprint density at radius 2 is 2.31 bits per heavy atom. The third-order valence-corrected chi connectivity index (χ3v) is 3.11. The van der Waals surface area contributed by atoms with E-state index in [1.165, 1.54) is 6.07 Å². The summed E-state index contributed by atoms with van der Waals surface area (Å²) in [5.74, 6) is -0.274. The van der Waals surface area contributed by atoms with Gasteiger partial charge in [-0.2, -0.15) is 0 Å². The largest absolute Gasteiger partial charge is 0.352 e. The van der Waals surface area contributed by atoms with Gasteiger partial charge in [-0.05, 0) is 18.2 Å². The normalized spacial score (nSPS) is 15.6. The van der Waals surface area contributed by atoms with Gasteiger partial charge in [-0.25, -0.2) is 4.39 Å². The molecule has 1 aromatic rings. The van der Waals surface area contributed by atoms with E-state index in [0.29, 0.717) is 18.7 Å². The molecule has 0 atom stereocenters. The maximum atomic E-state index is 13.3. The molecule has 0 spiro atoms. The summed E-state index contributed by atoms with van der Waals surface area (Å²) in [6, 6.07) is 4.70. The van der Waals surface area contributed by atoms with Gasteiger partial charge in [0.25, 0.3) is 0 Å². The summed E-state index contributed by atoms with van der Waals surface area (Å²) >= 11 is 3.27. The van der Waals surface area contributed by atoms with Gasteiger partial charge in [-0.3, -0.25) is 4.79 Å². The fraction of sp³-hybridized carbons (Fsp3) is 0.364. The molecule has 1 aromatic carbocycles. The van der Waals surface area contributed by atoms with Crippen LogP contribution in [0.3, 0.4) is 0 Å². The van der Waals surface area contributed by atoms with Gasteiger partial charge in [0.2, 0.25) is 5.91 Å². The summed E-state index contributed by atoms with van der Waals surface area (Å²) in [5, 5.41) is 5.75. The third-order valence-electron chi connectivity index (χ3n) is 2.61. The minimum Gasteiger partial charge on any atom is -0.352 e. The molecule has 1 fully saturated rings. The summed E-state index contributed by atoms with van der Waals surface area (Å²) in [5.41, 5.74) is 0.495. The summed E-state index contributed by atoms with van der Waals surface area (Å²) in [6.07, 6.45) is 0. The minimum atomic E-state index is -0.296. The van der Waals surface area contributed by atoms with Gasteiger partial charge < -0.3 is 10.6 Å². The van der Waals surface area contributed by atoms with Crippen molar-refractivity contribution in [3.05, 3.63) is 34.1 Å². The second-order valence-corrected chi connectivity index (χ2v) is 4.72. The summed E-state index contributed by atoms with van der Waals surface area (Å²) in [6.45, 7) is 1.67. The summed E-state index contributed by atoms with van der Waals surface area (Å²) in [4.78, 5) is 11.5. The predicted octanol–water partition coefficient (Wildman–Crippen LogP) is 1.42. The van der Waals surface area contributed by atoms with Crippen LogP contribution in [0.5, 0.6) is 0 Å². The number of carbonyl (C=O) groups is 1. The molecule has 1 heterocycles. The quantitative estimate of drug-likeness (QED) is 0.883. The number of amides is 1. The highest BCUT2D eigenvalue weighted by atomic mass is 79.9. The predicted molar refractivity (Wildman–Crippen MR) is 62.3 cm³/mol. The molecule has 0 aromatic heterocycles. The number of nitrogens with one attached hydrogen (secondary N) is 2. The molecule has 0 saturated carbocycles. The number of benzene rings is 1. The Morgan fingerprint density at radius 3 is 2.94 bits per heavy atom. The Kier molecular flexibility index (Phi) is 3.56. The lowest BCUT2D eigenvalue weighted by Gasteiger charge is -2.25. The fourth-order valence-corrected chi connectivity index (χ4v) is 1.89. The first-order valence-corrected chi connectivity index (χ1v) is 5.88. The van der Waals surface area contributed by atoms with Crippen LogP contribution in [-0.4, -0.2) is 19.0 Å². The van der Waals surface area contributed by atoms with Crippen molar-refractivity contribution in [1.29, 1.82) is 0 Å². The van der Waals surface area contributed by atoms with Crippen molar-refractivity contribution in [2.45, 2.75) is 6.54 Å². The highest BCUT2D eigenvalue weighted by molar-refractivity contribution is 9.10. The molecular weight excluding hydrogens is 275 g/mol. The number of hydrogen-bond donors (Lipinski definition) is 2. The van der Waals surface area contributed by atoms with Gasteiger partial charge in [0.1, 0.15) is 5.82 Å². The number of carbonyl (C=O) groups excluding carboxylic acids is 1. The van der Waals surface area contributed by atoms with Crippen LogP contribution in [0.1, 0.15) is 5.56 Å². The lowest BCUT2D eigenvalue weighted by atomic mass is 10.0. The molecule has 3 nitrogen and oxygen atoms in total. The molecule has 16 heavy (non-hydrogen) atoms. The molecule has 5 heteroatoms. The van der Waals surface area contributed by atoms with Crippen molar-refractivity contribution in [1.82, 2.24) is 10.6 Å². The summed E-state index contributed by atoms with van der Waals surface area (Å²) in [7, 11) is 0. The molecule has 2 rings (SSSR count). The molecule has 1 aliphatic rings. The molecule has 1 saturated heterocycles. The number of halogens is 2. The van der Waals surface area contributed by atoms with Crippen LogP contribution in [0, 0.1) is 11.7 Å². The highest BCUT2D eigenvalue weighted by Gasteiger charge is 2.24. The van der Waals surface area contributed by atoms with Crippen LogP contribution < -0.4 is 10.6 Å². The van der Waals surface area contributed by atoms with Crippen LogP contribution in [-0.2, 0) is 11.3 Å². The Bertz CT molecular complexity index is 407. The van der Waals surface area contributed by atoms with Crippen molar-refractivity contribution in [2.24, 2.45) is 5.92 Å². The zero-order chi connectivity index (χ0) is 11.5. The maximum Gasteiger partial charge on any atom is 0.225 e. The van der Waals surface area contributed by atoms with Crippen LogP contribution >= 0.6 is 15.9 Å². The molecule has 2 N–H and O–H groups in total. The van der Waals surface area contributed by atoms with Crippen LogP contribution in [0.4, 0.5) is 4.39 Å². The van der Waals surface area contributed by atoms with Gasteiger partial charge in [-0.1, -0.05) is 15.9 Å². The lowest BCUT2D eigenvalue weighted by Crippen LogP contribution is -2.50. The van der Waals surface area contributed by atoms with Gasteiger partial charge in [0.05, 0.1) is 5.92 Å². The van der Waals surface area contributed by atoms with E-state index >= 15 is 0 Å². The molecule has 86 valence electrons. The Hall–Kier alpha value is -0.940. The molecule has 1 amide bonds. The van der Waals surface area contributed by atoms with Crippen LogP contribution in [0.25, 0.3) is 0 Å². The molecule has 0 aliphatic carbocycles. The Labute approximate surface area is 102 Å². The SMILES string of the molecule is O=C(NCc1cc(Br)ccc1F)C1CNC1. The van der Waals surface area contributed by atoms with E-state index < -0.39 is 0 Å². The van der Waals surface area contributed by atoms with E-state index in [1.807, 2.05) is 0 Å². The second-order valence-electron chi connectivity index (χ2n) is 3.81. The second kappa shape index (κ2) is 4.93. The van der Waals surface area contributed by atoms with Crippen molar-refractivity contribution in [3.8, 4) is 0 Å². The topological polar surface area (TPSA) is 41.1 Å². The third kappa shape index (κ3) is 2.59. The van der Waals surface area contributed by atoms with Gasteiger partial charge in [0.15, 0.2) is 0 Å². The van der Waals surface area contributed by atoms with Gasteiger partial charge in [0, 0.05) is 29.7 Å². The van der Waals surface area contributed by atoms with E-state index in [0.717, 1.165) is 4.47 Å². The average molecular weight is 287 g/mol. The van der Waals surface area contributed by atoms with E-state index in [2.05, 4.69) is 26.6 Å². The average Bonchev–Trinajstić information content (AvgIpc) is 2.17. The maximum absolute atomic E-state index is 13.3. The monoisotopic (exact) mass is 286 g/mol. The van der Waals surface area contributed by atoms with E-state index in [-0.39, 0.29) is 24.2 Å². The first-order chi connectivity index (χ1) is 7.66. The Balaban J connectivity index is 1.93. The molecular formula is C11H12BrFN2O. The molecule has 0 unspecified atom stereocenters. The minimum absolute atomic E-state index is 0.0156. The van der Waals surface area contributed by atoms with Crippen molar-refractivity contribution >= 4 is 21.8 Å². The van der Waals surface area contributed by atoms with Gasteiger partial charge in [-0.15, -0.1) is 0 Å². The van der Waals surface area contributed by atoms with Gasteiger partial charge >= 0.3 is 0 Å². The standard InChI is InChI=1S/C11H12BrFN2O/c12-9-1-2-10(13)7(3-9)6-15-11(16)8-4-14-5-8/h1-3,8,14H,4-6H2,(H,15,16). The summed E-state index contributed by atoms with van der Waals surface area (Å²) < 4.78 is 14.1. The van der Waals surface area contributed by atoms with Crippen molar-refractivity contribution in [2.75, 3.05) is 13.1 Å². The highest BCUT2D eigenvalue weighted by Crippen LogP contribution is 2.15. The fourth-order valence-electron chi connectivity index (χ4n) is 1.48. The van der Waals surface area contributed by atoms with Crippen molar-refractivity contribution in [3.63, 3.8) is 0 Å². The van der Waals surface area contributed by atoms with Crippen LogP contribution in [0.15, 0.2) is 22.7 Å². The van der Waals surface area contributed by atoms with E-state index in [4.69, 9.17) is 0 Å². The number of hydrogen-bond acceptors (Lipinski definition) is 2. The van der Waals surface area contributed by atoms with Crippen molar-refractivity contribution < 1.29 is 9.18 Å². The first-order valence-electron chi connectivity index (χ1n) is 5.09. The van der Waals surface area contributed by atoms with E-state index in [1.54, 1.807) is 12.1 Å². The van der Waals surface area contributed by atoms with Crippen LogP contribution in [0.2, 0.25) is 0 Å². The number of rotatable bonds is 3. The smallest absolute Gasteiger partial charge is 0.225 e. The first kappa shape index (κ1) is 11.5. The Morgan fingerprint density at radius 1 is 1.56 bits per heavy atom. The lowest BCUT2D eigenvalue weighted by molar-refractivity contribution is -0.126. The molecule has 0 radical (unpaired) electrons.